The van der Waals surface area contributed by atoms with E-state index in [0.717, 1.165) is 11.3 Å². The molecule has 0 unspecified atom stereocenters. The summed E-state index contributed by atoms with van der Waals surface area (Å²) in [7, 11) is 1.58. The Labute approximate surface area is 102 Å². The van der Waals surface area contributed by atoms with Gasteiger partial charge in [0.1, 0.15) is 4.60 Å². The van der Waals surface area contributed by atoms with Crippen LogP contribution in [0.1, 0.15) is 0 Å². The average molecular weight is 280 g/mol. The number of nitrogens with zero attached hydrogens (tertiary/aromatic N) is 2. The van der Waals surface area contributed by atoms with E-state index in [1.165, 1.54) is 0 Å². The molecule has 0 spiro atoms. The maximum Gasteiger partial charge on any atom is 0.151 e. The van der Waals surface area contributed by atoms with Gasteiger partial charge in [0.25, 0.3) is 0 Å². The number of nitrogens with two attached hydrogens (primary N) is 1. The Bertz CT molecular complexity index is 499. The van der Waals surface area contributed by atoms with Gasteiger partial charge in [0, 0.05) is 5.56 Å². The molecule has 0 aliphatic carbocycles. The van der Waals surface area contributed by atoms with Crippen molar-refractivity contribution in [2.24, 2.45) is 0 Å². The number of hydrogen-bond donors (Lipinski definition) is 1. The molecular weight excluding hydrogens is 270 g/mol. The molecule has 0 saturated heterocycles. The van der Waals surface area contributed by atoms with Gasteiger partial charge in [0.15, 0.2) is 5.75 Å². The number of ether oxygens (including phenoxy) is 1. The van der Waals surface area contributed by atoms with E-state index in [1.54, 1.807) is 25.6 Å². The Morgan fingerprint density at radius 1 is 1.25 bits per heavy atom. The summed E-state index contributed by atoms with van der Waals surface area (Å²) in [6.07, 6.45) is 3.30. The highest BCUT2D eigenvalue weighted by Crippen LogP contribution is 2.33. The molecule has 0 fully saturated rings. The molecule has 5 heteroatoms. The first kappa shape index (κ1) is 10.9. The van der Waals surface area contributed by atoms with Gasteiger partial charge in [-0.2, -0.15) is 0 Å². The molecule has 1 aromatic heterocycles. The third-order valence-corrected chi connectivity index (χ3v) is 2.56. The van der Waals surface area contributed by atoms with E-state index in [4.69, 9.17) is 10.5 Å². The molecular formula is C11H10BrN3O. The van der Waals surface area contributed by atoms with E-state index in [1.807, 2.05) is 12.1 Å². The lowest BCUT2D eigenvalue weighted by Gasteiger charge is -2.09. The van der Waals surface area contributed by atoms with Crippen molar-refractivity contribution >= 4 is 21.6 Å². The van der Waals surface area contributed by atoms with Crippen LogP contribution in [0.15, 0.2) is 35.2 Å². The predicted molar refractivity (Wildman–Crippen MR) is 66.1 cm³/mol. The summed E-state index contributed by atoms with van der Waals surface area (Å²) in [4.78, 5) is 8.37. The van der Waals surface area contributed by atoms with Gasteiger partial charge in [-0.1, -0.05) is 6.07 Å². The zero-order chi connectivity index (χ0) is 11.5. The van der Waals surface area contributed by atoms with Gasteiger partial charge in [-0.3, -0.25) is 4.98 Å². The molecule has 2 aromatic rings. The van der Waals surface area contributed by atoms with Crippen LogP contribution in [0.4, 0.5) is 5.69 Å². The number of nitrogen functional groups attached to an aromatic ring is 1. The van der Waals surface area contributed by atoms with Gasteiger partial charge in [0.2, 0.25) is 0 Å². The lowest BCUT2D eigenvalue weighted by atomic mass is 10.1. The van der Waals surface area contributed by atoms with E-state index in [-0.39, 0.29) is 0 Å². The topological polar surface area (TPSA) is 61.0 Å². The van der Waals surface area contributed by atoms with E-state index in [9.17, 15) is 0 Å². The van der Waals surface area contributed by atoms with Gasteiger partial charge >= 0.3 is 0 Å². The molecule has 0 atom stereocenters. The highest BCUT2D eigenvalue weighted by Gasteiger charge is 2.09. The van der Waals surface area contributed by atoms with Crippen LogP contribution in [0.3, 0.4) is 0 Å². The summed E-state index contributed by atoms with van der Waals surface area (Å²) in [5, 5.41) is 0. The third-order valence-electron chi connectivity index (χ3n) is 2.15. The minimum absolute atomic E-state index is 0.588. The Kier molecular flexibility index (Phi) is 3.05. The standard InChI is InChI=1S/C11H10BrN3O/c1-16-11-7(3-2-4-8(11)13)9-5-15-10(12)6-14-9/h2-6H,13H2,1H3. The molecule has 0 saturated carbocycles. The van der Waals surface area contributed by atoms with Gasteiger partial charge < -0.3 is 10.5 Å². The van der Waals surface area contributed by atoms with Crippen molar-refractivity contribution in [2.45, 2.75) is 0 Å². The third kappa shape index (κ3) is 1.99. The van der Waals surface area contributed by atoms with Crippen molar-refractivity contribution < 1.29 is 4.74 Å². The van der Waals surface area contributed by atoms with E-state index in [0.29, 0.717) is 16.0 Å². The van der Waals surface area contributed by atoms with Gasteiger partial charge in [0.05, 0.1) is 30.9 Å². The number of anilines is 1. The zero-order valence-electron chi connectivity index (χ0n) is 8.64. The molecule has 1 heterocycles. The van der Waals surface area contributed by atoms with Crippen LogP contribution < -0.4 is 10.5 Å². The molecule has 16 heavy (non-hydrogen) atoms. The Morgan fingerprint density at radius 2 is 2.06 bits per heavy atom. The number of methoxy groups -OCH3 is 1. The Morgan fingerprint density at radius 3 is 2.69 bits per heavy atom. The predicted octanol–water partition coefficient (Wildman–Crippen LogP) is 2.50. The molecule has 2 rings (SSSR count). The molecule has 0 radical (unpaired) electrons. The fraction of sp³-hybridized carbons (Fsp3) is 0.0909. The number of rotatable bonds is 2. The monoisotopic (exact) mass is 279 g/mol. The highest BCUT2D eigenvalue weighted by molar-refractivity contribution is 9.10. The smallest absolute Gasteiger partial charge is 0.151 e. The second kappa shape index (κ2) is 4.49. The maximum atomic E-state index is 5.82. The summed E-state index contributed by atoms with van der Waals surface area (Å²) in [6, 6.07) is 5.54. The van der Waals surface area contributed by atoms with Crippen LogP contribution in [-0.2, 0) is 0 Å². The fourth-order valence-corrected chi connectivity index (χ4v) is 1.64. The zero-order valence-corrected chi connectivity index (χ0v) is 10.2. The molecule has 82 valence electrons. The molecule has 4 nitrogen and oxygen atoms in total. The Hall–Kier alpha value is -1.62. The Balaban J connectivity index is 2.55. The largest absolute Gasteiger partial charge is 0.494 e. The van der Waals surface area contributed by atoms with Crippen LogP contribution in [0.2, 0.25) is 0 Å². The molecule has 0 amide bonds. The summed E-state index contributed by atoms with van der Waals surface area (Å²) >= 11 is 3.24. The number of benzene rings is 1. The van der Waals surface area contributed by atoms with E-state index in [2.05, 4.69) is 25.9 Å². The normalized spacial score (nSPS) is 10.1. The summed E-state index contributed by atoms with van der Waals surface area (Å²) in [6.45, 7) is 0. The van der Waals surface area contributed by atoms with Crippen molar-refractivity contribution in [3.63, 3.8) is 0 Å². The van der Waals surface area contributed by atoms with Crippen LogP contribution >= 0.6 is 15.9 Å². The fourth-order valence-electron chi connectivity index (χ4n) is 1.44. The summed E-state index contributed by atoms with van der Waals surface area (Å²) < 4.78 is 5.95. The van der Waals surface area contributed by atoms with Gasteiger partial charge in [-0.05, 0) is 28.1 Å². The first-order valence-electron chi connectivity index (χ1n) is 4.63. The molecule has 2 N–H and O–H groups in total. The lowest BCUT2D eigenvalue weighted by Crippen LogP contribution is -1.96. The van der Waals surface area contributed by atoms with E-state index >= 15 is 0 Å². The van der Waals surface area contributed by atoms with Crippen molar-refractivity contribution in [2.75, 3.05) is 12.8 Å². The number of hydrogen-bond acceptors (Lipinski definition) is 4. The molecule has 0 aliphatic heterocycles. The minimum Gasteiger partial charge on any atom is -0.494 e. The summed E-state index contributed by atoms with van der Waals surface area (Å²) in [5.41, 5.74) is 7.97. The van der Waals surface area contributed by atoms with Crippen molar-refractivity contribution in [3.8, 4) is 17.0 Å². The number of aromatic nitrogens is 2. The quantitative estimate of drug-likeness (QED) is 0.858. The SMILES string of the molecule is COc1c(N)cccc1-c1cnc(Br)cn1. The van der Waals surface area contributed by atoms with Gasteiger partial charge in [-0.15, -0.1) is 0 Å². The number of para-hydroxylation sites is 1. The second-order valence-corrected chi connectivity index (χ2v) is 3.96. The first-order valence-corrected chi connectivity index (χ1v) is 5.42. The molecule has 0 aliphatic rings. The van der Waals surface area contributed by atoms with Crippen LogP contribution in [-0.4, -0.2) is 17.1 Å². The number of halogens is 1. The first-order chi connectivity index (χ1) is 7.72. The van der Waals surface area contributed by atoms with Crippen LogP contribution in [0.5, 0.6) is 5.75 Å². The van der Waals surface area contributed by atoms with Crippen molar-refractivity contribution in [3.05, 3.63) is 35.2 Å². The van der Waals surface area contributed by atoms with Crippen molar-refractivity contribution in [1.82, 2.24) is 9.97 Å². The second-order valence-electron chi connectivity index (χ2n) is 3.15. The van der Waals surface area contributed by atoms with Crippen LogP contribution in [0, 0.1) is 0 Å². The van der Waals surface area contributed by atoms with E-state index < -0.39 is 0 Å². The average Bonchev–Trinajstić information content (AvgIpc) is 2.30. The molecule has 0 bridgehead atoms. The van der Waals surface area contributed by atoms with Crippen molar-refractivity contribution in [1.29, 1.82) is 0 Å². The minimum atomic E-state index is 0.588. The summed E-state index contributed by atoms with van der Waals surface area (Å²) in [5.74, 6) is 0.624. The van der Waals surface area contributed by atoms with Crippen LogP contribution in [0.25, 0.3) is 11.3 Å². The lowest BCUT2D eigenvalue weighted by molar-refractivity contribution is 0.418. The maximum absolute atomic E-state index is 5.82. The van der Waals surface area contributed by atoms with Gasteiger partial charge in [-0.25, -0.2) is 4.98 Å². The highest BCUT2D eigenvalue weighted by atomic mass is 79.9. The molecule has 1 aromatic carbocycles.